The number of hydrogen-bond acceptors (Lipinski definition) is 4. The first-order chi connectivity index (χ1) is 8.70. The summed E-state index contributed by atoms with van der Waals surface area (Å²) in [4.78, 5) is 17.7. The molecular weight excluding hydrogens is 252 g/mol. The van der Waals surface area contributed by atoms with E-state index < -0.39 is 5.69 Å². The minimum Gasteiger partial charge on any atom is -0.381 e. The lowest BCUT2D eigenvalue weighted by atomic mass is 10.1. The Bertz CT molecular complexity index is 579. The van der Waals surface area contributed by atoms with Gasteiger partial charge in [-0.3, -0.25) is 0 Å². The summed E-state index contributed by atoms with van der Waals surface area (Å²) in [6.45, 7) is 1.10. The van der Waals surface area contributed by atoms with E-state index in [-0.39, 0.29) is 0 Å². The molecule has 0 atom stereocenters. The molecule has 18 heavy (non-hydrogen) atoms. The number of aromatic nitrogens is 2. The SMILES string of the molecule is NCCNc1cnc(=O)[nH]c1-c1ccc(Cl)cc1. The number of rotatable bonds is 4. The molecule has 0 spiro atoms. The van der Waals surface area contributed by atoms with E-state index in [4.69, 9.17) is 17.3 Å². The van der Waals surface area contributed by atoms with Crippen LogP contribution in [0, 0.1) is 0 Å². The van der Waals surface area contributed by atoms with Crippen molar-refractivity contribution in [3.05, 3.63) is 46.0 Å². The molecular formula is C12H13ClN4O. The molecule has 0 unspecified atom stereocenters. The average molecular weight is 265 g/mol. The van der Waals surface area contributed by atoms with E-state index in [0.29, 0.717) is 23.8 Å². The number of nitrogens with zero attached hydrogens (tertiary/aromatic N) is 1. The molecule has 1 heterocycles. The van der Waals surface area contributed by atoms with Gasteiger partial charge in [-0.05, 0) is 12.1 Å². The maximum Gasteiger partial charge on any atom is 0.345 e. The third-order valence-electron chi connectivity index (χ3n) is 2.40. The zero-order chi connectivity index (χ0) is 13.0. The van der Waals surface area contributed by atoms with Crippen LogP contribution in [0.15, 0.2) is 35.3 Å². The van der Waals surface area contributed by atoms with Gasteiger partial charge in [0.05, 0.1) is 17.6 Å². The van der Waals surface area contributed by atoms with E-state index in [1.54, 1.807) is 12.1 Å². The molecule has 0 fully saturated rings. The summed E-state index contributed by atoms with van der Waals surface area (Å²) < 4.78 is 0. The van der Waals surface area contributed by atoms with Crippen molar-refractivity contribution in [3.63, 3.8) is 0 Å². The van der Waals surface area contributed by atoms with Gasteiger partial charge in [-0.2, -0.15) is 4.98 Å². The molecule has 1 aromatic carbocycles. The standard InChI is InChI=1S/C12H13ClN4O/c13-9-3-1-8(2-4-9)11-10(15-6-5-14)7-16-12(18)17-11/h1-4,7,15H,5-6,14H2,(H,16,17,18). The van der Waals surface area contributed by atoms with Gasteiger partial charge >= 0.3 is 5.69 Å². The summed E-state index contributed by atoms with van der Waals surface area (Å²) in [6.07, 6.45) is 1.50. The molecule has 0 bridgehead atoms. The Hall–Kier alpha value is -1.85. The molecule has 0 aliphatic rings. The third kappa shape index (κ3) is 2.88. The molecule has 94 valence electrons. The Morgan fingerprint density at radius 1 is 1.33 bits per heavy atom. The van der Waals surface area contributed by atoms with E-state index in [2.05, 4.69) is 15.3 Å². The Balaban J connectivity index is 2.43. The van der Waals surface area contributed by atoms with Gasteiger partial charge in [0.15, 0.2) is 0 Å². The van der Waals surface area contributed by atoms with Crippen LogP contribution in [0.25, 0.3) is 11.3 Å². The fraction of sp³-hybridized carbons (Fsp3) is 0.167. The smallest absolute Gasteiger partial charge is 0.345 e. The first-order valence-electron chi connectivity index (χ1n) is 5.50. The molecule has 4 N–H and O–H groups in total. The molecule has 0 saturated heterocycles. The molecule has 2 aromatic rings. The van der Waals surface area contributed by atoms with Gasteiger partial charge in [0.1, 0.15) is 0 Å². The van der Waals surface area contributed by atoms with Crippen molar-refractivity contribution in [2.75, 3.05) is 18.4 Å². The first-order valence-corrected chi connectivity index (χ1v) is 5.87. The van der Waals surface area contributed by atoms with Crippen molar-refractivity contribution >= 4 is 17.3 Å². The highest BCUT2D eigenvalue weighted by Crippen LogP contribution is 2.24. The predicted octanol–water partition coefficient (Wildman–Crippen LogP) is 1.46. The number of halogens is 1. The van der Waals surface area contributed by atoms with Crippen molar-refractivity contribution < 1.29 is 0 Å². The van der Waals surface area contributed by atoms with Crippen LogP contribution in [0.4, 0.5) is 5.69 Å². The van der Waals surface area contributed by atoms with Crippen molar-refractivity contribution in [2.45, 2.75) is 0 Å². The predicted molar refractivity (Wildman–Crippen MR) is 72.8 cm³/mol. The lowest BCUT2D eigenvalue weighted by Crippen LogP contribution is -2.17. The number of nitrogens with two attached hydrogens (primary N) is 1. The number of aromatic amines is 1. The maximum atomic E-state index is 11.3. The maximum absolute atomic E-state index is 11.3. The summed E-state index contributed by atoms with van der Waals surface area (Å²) in [6, 6.07) is 7.20. The topological polar surface area (TPSA) is 83.8 Å². The molecule has 0 amide bonds. The summed E-state index contributed by atoms with van der Waals surface area (Å²) in [5.74, 6) is 0. The number of H-pyrrole nitrogens is 1. The van der Waals surface area contributed by atoms with Crippen molar-refractivity contribution in [1.82, 2.24) is 9.97 Å². The Morgan fingerprint density at radius 3 is 2.72 bits per heavy atom. The number of benzene rings is 1. The largest absolute Gasteiger partial charge is 0.381 e. The van der Waals surface area contributed by atoms with Gasteiger partial charge in [-0.25, -0.2) is 4.79 Å². The van der Waals surface area contributed by atoms with Crippen LogP contribution in [0.1, 0.15) is 0 Å². The second kappa shape index (κ2) is 5.66. The van der Waals surface area contributed by atoms with E-state index in [1.165, 1.54) is 6.20 Å². The quantitative estimate of drug-likeness (QED) is 0.781. The highest BCUT2D eigenvalue weighted by Gasteiger charge is 2.06. The Morgan fingerprint density at radius 2 is 2.06 bits per heavy atom. The number of nitrogens with one attached hydrogen (secondary N) is 2. The van der Waals surface area contributed by atoms with Gasteiger partial charge in [0.25, 0.3) is 0 Å². The minimum absolute atomic E-state index is 0.391. The zero-order valence-corrected chi connectivity index (χ0v) is 10.4. The second-order valence-corrected chi connectivity index (χ2v) is 4.14. The fourth-order valence-corrected chi connectivity index (χ4v) is 1.71. The first kappa shape index (κ1) is 12.6. The summed E-state index contributed by atoms with van der Waals surface area (Å²) in [5.41, 5.74) is 7.33. The highest BCUT2D eigenvalue weighted by molar-refractivity contribution is 6.30. The number of hydrogen-bond donors (Lipinski definition) is 3. The molecule has 6 heteroatoms. The van der Waals surface area contributed by atoms with Gasteiger partial charge < -0.3 is 16.0 Å². The monoisotopic (exact) mass is 264 g/mol. The second-order valence-electron chi connectivity index (χ2n) is 3.70. The summed E-state index contributed by atoms with van der Waals surface area (Å²) >= 11 is 5.84. The average Bonchev–Trinajstić information content (AvgIpc) is 2.38. The third-order valence-corrected chi connectivity index (χ3v) is 2.66. The van der Waals surface area contributed by atoms with Crippen LogP contribution >= 0.6 is 11.6 Å². The zero-order valence-electron chi connectivity index (χ0n) is 9.61. The van der Waals surface area contributed by atoms with Crippen LogP contribution < -0.4 is 16.7 Å². The van der Waals surface area contributed by atoms with Gasteiger partial charge in [-0.1, -0.05) is 23.7 Å². The number of anilines is 1. The lowest BCUT2D eigenvalue weighted by molar-refractivity contribution is 1.01. The van der Waals surface area contributed by atoms with Crippen LogP contribution in [-0.2, 0) is 0 Å². The fourth-order valence-electron chi connectivity index (χ4n) is 1.58. The van der Waals surface area contributed by atoms with Crippen LogP contribution in [0.3, 0.4) is 0 Å². The Labute approximate surface area is 109 Å². The van der Waals surface area contributed by atoms with Crippen molar-refractivity contribution in [1.29, 1.82) is 0 Å². The van der Waals surface area contributed by atoms with Gasteiger partial charge in [-0.15, -0.1) is 0 Å². The van der Waals surface area contributed by atoms with Crippen LogP contribution in [0.5, 0.6) is 0 Å². The molecule has 0 aliphatic heterocycles. The summed E-state index contributed by atoms with van der Waals surface area (Å²) in [7, 11) is 0. The normalized spacial score (nSPS) is 10.3. The van der Waals surface area contributed by atoms with E-state index >= 15 is 0 Å². The van der Waals surface area contributed by atoms with Gasteiger partial charge in [0, 0.05) is 23.7 Å². The minimum atomic E-state index is -0.391. The highest BCUT2D eigenvalue weighted by atomic mass is 35.5. The molecule has 0 radical (unpaired) electrons. The lowest BCUT2D eigenvalue weighted by Gasteiger charge is -2.10. The van der Waals surface area contributed by atoms with E-state index in [1.807, 2.05) is 12.1 Å². The molecule has 0 aliphatic carbocycles. The molecule has 1 aromatic heterocycles. The van der Waals surface area contributed by atoms with Crippen molar-refractivity contribution in [3.8, 4) is 11.3 Å². The molecule has 0 saturated carbocycles. The van der Waals surface area contributed by atoms with E-state index in [9.17, 15) is 4.79 Å². The Kier molecular flexibility index (Phi) is 3.96. The summed E-state index contributed by atoms with van der Waals surface area (Å²) in [5, 5.41) is 3.76. The molecule has 2 rings (SSSR count). The van der Waals surface area contributed by atoms with E-state index in [0.717, 1.165) is 11.3 Å². The molecule has 5 nitrogen and oxygen atoms in total. The van der Waals surface area contributed by atoms with Crippen LogP contribution in [-0.4, -0.2) is 23.1 Å². The van der Waals surface area contributed by atoms with Crippen LogP contribution in [0.2, 0.25) is 5.02 Å². The van der Waals surface area contributed by atoms with Gasteiger partial charge in [0.2, 0.25) is 0 Å². The van der Waals surface area contributed by atoms with Crippen molar-refractivity contribution in [2.24, 2.45) is 5.73 Å².